The van der Waals surface area contributed by atoms with E-state index in [0.29, 0.717) is 12.8 Å². The third kappa shape index (κ3) is 7.20. The molecule has 3 fully saturated rings. The van der Waals surface area contributed by atoms with Crippen LogP contribution in [0.5, 0.6) is 0 Å². The molecule has 5 amide bonds. The van der Waals surface area contributed by atoms with Gasteiger partial charge in [-0.2, -0.15) is 0 Å². The summed E-state index contributed by atoms with van der Waals surface area (Å²) in [5, 5.41) is 7.95. The van der Waals surface area contributed by atoms with Crippen molar-refractivity contribution >= 4 is 36.0 Å². The Kier molecular flexibility index (Phi) is 9.50. The minimum atomic E-state index is -1.07. The fraction of sp³-hybridized carbons (Fsp3) is 0.760. The molecule has 0 bridgehead atoms. The maximum Gasteiger partial charge on any atom is 0.404 e. The number of nitrogens with zero attached hydrogens (tertiary/aromatic N) is 1. The summed E-state index contributed by atoms with van der Waals surface area (Å²) in [7, 11) is 0. The summed E-state index contributed by atoms with van der Waals surface area (Å²) in [6.07, 6.45) is 5.38. The summed E-state index contributed by atoms with van der Waals surface area (Å²) in [4.78, 5) is 76.5. The Balaban J connectivity index is 1.80. The van der Waals surface area contributed by atoms with Crippen molar-refractivity contribution in [2.24, 2.45) is 11.1 Å². The first-order valence-electron chi connectivity index (χ1n) is 13.2. The molecule has 3 rings (SSSR count). The average molecular weight is 522 g/mol. The van der Waals surface area contributed by atoms with Crippen LogP contribution in [-0.4, -0.2) is 77.7 Å². The molecule has 0 spiro atoms. The lowest BCUT2D eigenvalue weighted by Crippen LogP contribution is -2.59. The third-order valence-electron chi connectivity index (χ3n) is 7.65. The van der Waals surface area contributed by atoms with Crippen LogP contribution in [0.4, 0.5) is 4.79 Å². The summed E-state index contributed by atoms with van der Waals surface area (Å²) in [6, 6.07) is -3.00. The third-order valence-corrected chi connectivity index (χ3v) is 7.65. The van der Waals surface area contributed by atoms with Gasteiger partial charge in [-0.1, -0.05) is 39.5 Å². The highest BCUT2D eigenvalue weighted by molar-refractivity contribution is 6.38. The highest BCUT2D eigenvalue weighted by atomic mass is 16.6. The number of amides is 5. The van der Waals surface area contributed by atoms with Gasteiger partial charge in [-0.05, 0) is 37.5 Å². The molecule has 2 aliphatic carbocycles. The lowest BCUT2D eigenvalue weighted by Gasteiger charge is -2.41. The van der Waals surface area contributed by atoms with E-state index in [1.165, 1.54) is 4.90 Å². The van der Waals surface area contributed by atoms with Gasteiger partial charge in [-0.25, -0.2) is 4.79 Å². The molecule has 3 aliphatic rings. The van der Waals surface area contributed by atoms with Crippen molar-refractivity contribution in [2.45, 2.75) is 108 Å². The number of nitrogens with one attached hydrogen (secondary N) is 3. The number of primary amides is 1. The molecule has 0 aromatic rings. The molecule has 206 valence electrons. The Hall–Kier alpha value is -3.18. The van der Waals surface area contributed by atoms with E-state index in [1.54, 1.807) is 0 Å². The highest BCUT2D eigenvalue weighted by Crippen LogP contribution is 2.40. The first-order chi connectivity index (χ1) is 17.6. The Morgan fingerprint density at radius 2 is 1.81 bits per heavy atom. The van der Waals surface area contributed by atoms with E-state index in [4.69, 9.17) is 10.5 Å². The second-order valence-corrected chi connectivity index (χ2v) is 10.7. The van der Waals surface area contributed by atoms with Crippen LogP contribution >= 0.6 is 0 Å². The number of ketones is 1. The van der Waals surface area contributed by atoms with Crippen LogP contribution < -0.4 is 21.7 Å². The lowest BCUT2D eigenvalue weighted by molar-refractivity contribution is -0.145. The second-order valence-electron chi connectivity index (χ2n) is 10.7. The maximum absolute atomic E-state index is 13.8. The molecule has 37 heavy (non-hydrogen) atoms. The zero-order valence-corrected chi connectivity index (χ0v) is 21.6. The molecule has 1 saturated heterocycles. The minimum Gasteiger partial charge on any atom is -0.444 e. The normalized spacial score (nSPS) is 24.3. The standard InChI is InChI=1S/C25H39N5O7/c1-3-7-17(19(32)22(34)28-15-8-9-15)29-21(33)18-12-16(37-24(26)36)13-30(18)23(35)20(27-14-31)25(2)10-5-4-6-11-25/h14-18,20H,3-13H2,1-2H3,(H2,26,36)(H,27,31)(H,28,34)(H,29,33)/t16-,17?,18+,20-/m1/s1. The van der Waals surface area contributed by atoms with Crippen LogP contribution in [0.3, 0.4) is 0 Å². The van der Waals surface area contributed by atoms with Crippen molar-refractivity contribution in [3.05, 3.63) is 0 Å². The Labute approximate surface area is 216 Å². The minimum absolute atomic E-state index is 0.00696. The molecule has 0 aromatic heterocycles. The summed E-state index contributed by atoms with van der Waals surface area (Å²) < 4.78 is 5.12. The molecule has 1 aliphatic heterocycles. The quantitative estimate of drug-likeness (QED) is 0.210. The molecule has 1 heterocycles. The molecule has 12 heteroatoms. The van der Waals surface area contributed by atoms with E-state index in [2.05, 4.69) is 16.0 Å². The molecule has 2 saturated carbocycles. The highest BCUT2D eigenvalue weighted by Gasteiger charge is 2.48. The molecule has 0 radical (unpaired) electrons. The predicted octanol–water partition coefficient (Wildman–Crippen LogP) is 0.269. The lowest BCUT2D eigenvalue weighted by atomic mass is 9.70. The SMILES string of the molecule is CCCC(NC(=O)[C@@H]1C[C@@H](OC(N)=O)CN1C(=O)[C@@H](NC=O)C1(C)CCCCC1)C(=O)C(=O)NC1CC1. The number of carbonyl (C=O) groups is 6. The maximum atomic E-state index is 13.8. The van der Waals surface area contributed by atoms with Crippen LogP contribution in [0.1, 0.15) is 78.1 Å². The summed E-state index contributed by atoms with van der Waals surface area (Å²) >= 11 is 0. The molecule has 0 aromatic carbocycles. The number of carbonyl (C=O) groups excluding carboxylic acids is 6. The van der Waals surface area contributed by atoms with Gasteiger partial charge in [0.1, 0.15) is 18.2 Å². The Morgan fingerprint density at radius 3 is 2.38 bits per heavy atom. The van der Waals surface area contributed by atoms with Crippen molar-refractivity contribution in [2.75, 3.05) is 6.54 Å². The van der Waals surface area contributed by atoms with Gasteiger partial charge in [-0.3, -0.25) is 24.0 Å². The molecule has 12 nitrogen and oxygen atoms in total. The molecule has 4 atom stereocenters. The van der Waals surface area contributed by atoms with Crippen LogP contribution in [0.2, 0.25) is 0 Å². The zero-order valence-electron chi connectivity index (χ0n) is 21.6. The van der Waals surface area contributed by atoms with Gasteiger partial charge in [0, 0.05) is 12.5 Å². The number of rotatable bonds is 12. The predicted molar refractivity (Wildman–Crippen MR) is 132 cm³/mol. The molecule has 1 unspecified atom stereocenters. The van der Waals surface area contributed by atoms with E-state index in [-0.39, 0.29) is 25.4 Å². The van der Waals surface area contributed by atoms with Gasteiger partial charge < -0.3 is 31.3 Å². The van der Waals surface area contributed by atoms with Crippen LogP contribution in [0.25, 0.3) is 0 Å². The number of nitrogens with two attached hydrogens (primary N) is 1. The number of Topliss-reactive ketones (excluding diaryl/α,β-unsaturated/α-hetero) is 1. The first-order valence-corrected chi connectivity index (χ1v) is 13.2. The fourth-order valence-corrected chi connectivity index (χ4v) is 5.46. The Morgan fingerprint density at radius 1 is 1.14 bits per heavy atom. The average Bonchev–Trinajstić information content (AvgIpc) is 3.57. The smallest absolute Gasteiger partial charge is 0.404 e. The number of ether oxygens (including phenoxy) is 1. The van der Waals surface area contributed by atoms with Crippen molar-refractivity contribution < 1.29 is 33.5 Å². The summed E-state index contributed by atoms with van der Waals surface area (Å²) in [5.41, 5.74) is 4.69. The van der Waals surface area contributed by atoms with Gasteiger partial charge in [-0.15, -0.1) is 0 Å². The van der Waals surface area contributed by atoms with Gasteiger partial charge in [0.25, 0.3) is 5.91 Å². The molecular weight excluding hydrogens is 482 g/mol. The zero-order chi connectivity index (χ0) is 27.2. The van der Waals surface area contributed by atoms with Crippen LogP contribution in [-0.2, 0) is 28.7 Å². The van der Waals surface area contributed by atoms with Crippen molar-refractivity contribution in [3.8, 4) is 0 Å². The number of likely N-dealkylation sites (tertiary alicyclic amines) is 1. The number of hydrogen-bond acceptors (Lipinski definition) is 7. The van der Waals surface area contributed by atoms with E-state index in [9.17, 15) is 28.8 Å². The molecular formula is C25H39N5O7. The monoisotopic (exact) mass is 521 g/mol. The van der Waals surface area contributed by atoms with Crippen molar-refractivity contribution in [3.63, 3.8) is 0 Å². The summed E-state index contributed by atoms with van der Waals surface area (Å²) in [5.74, 6) is -2.57. The first kappa shape index (κ1) is 28.4. The van der Waals surface area contributed by atoms with Gasteiger partial charge in [0.2, 0.25) is 24.0 Å². The van der Waals surface area contributed by atoms with Crippen LogP contribution in [0.15, 0.2) is 0 Å². The van der Waals surface area contributed by atoms with E-state index in [0.717, 1.165) is 44.9 Å². The molecule has 5 N–H and O–H groups in total. The van der Waals surface area contributed by atoms with Gasteiger partial charge >= 0.3 is 6.09 Å². The van der Waals surface area contributed by atoms with Gasteiger partial charge in [0.15, 0.2) is 0 Å². The number of hydrogen-bond donors (Lipinski definition) is 4. The van der Waals surface area contributed by atoms with Crippen molar-refractivity contribution in [1.29, 1.82) is 0 Å². The Bertz CT molecular complexity index is 900. The van der Waals surface area contributed by atoms with E-state index >= 15 is 0 Å². The fourth-order valence-electron chi connectivity index (χ4n) is 5.46. The van der Waals surface area contributed by atoms with Crippen LogP contribution in [0, 0.1) is 5.41 Å². The van der Waals surface area contributed by atoms with Crippen molar-refractivity contribution in [1.82, 2.24) is 20.9 Å². The summed E-state index contributed by atoms with van der Waals surface area (Å²) in [6.45, 7) is 3.69. The van der Waals surface area contributed by atoms with E-state index < -0.39 is 59.2 Å². The second kappa shape index (κ2) is 12.4. The van der Waals surface area contributed by atoms with Gasteiger partial charge in [0.05, 0.1) is 12.6 Å². The van der Waals surface area contributed by atoms with E-state index in [1.807, 2.05) is 13.8 Å². The largest absolute Gasteiger partial charge is 0.444 e. The topological polar surface area (TPSA) is 177 Å².